The molecule has 0 aromatic heterocycles. The zero-order valence-corrected chi connectivity index (χ0v) is 12.2. The Hall–Kier alpha value is -0.660. The Balaban J connectivity index is 4.45. The van der Waals surface area contributed by atoms with E-state index in [1.54, 1.807) is 6.92 Å². The average molecular weight is 280 g/mol. The molecule has 0 spiro atoms. The standard InChI is InChI=1S/C11H24N2O4S/c1-4-8-13(9-5-2)18(16,17)12-10(3)6-7-11(14)15/h10,12H,4-9H2,1-3H3,(H,14,15). The van der Waals surface area contributed by atoms with Crippen molar-refractivity contribution in [2.45, 2.75) is 52.5 Å². The van der Waals surface area contributed by atoms with Gasteiger partial charge in [0.1, 0.15) is 0 Å². The van der Waals surface area contributed by atoms with Gasteiger partial charge in [-0.15, -0.1) is 0 Å². The molecule has 0 saturated heterocycles. The van der Waals surface area contributed by atoms with E-state index in [4.69, 9.17) is 5.11 Å². The third-order valence-electron chi connectivity index (χ3n) is 2.43. The second kappa shape index (κ2) is 8.44. The van der Waals surface area contributed by atoms with Crippen LogP contribution in [0.25, 0.3) is 0 Å². The van der Waals surface area contributed by atoms with Gasteiger partial charge in [0, 0.05) is 25.6 Å². The normalized spacial score (nSPS) is 13.8. The summed E-state index contributed by atoms with van der Waals surface area (Å²) in [6.07, 6.45) is 1.76. The molecule has 0 aromatic carbocycles. The van der Waals surface area contributed by atoms with Gasteiger partial charge in [-0.05, 0) is 26.2 Å². The molecular weight excluding hydrogens is 256 g/mol. The van der Waals surface area contributed by atoms with Gasteiger partial charge in [0.05, 0.1) is 0 Å². The van der Waals surface area contributed by atoms with Crippen LogP contribution in [0.5, 0.6) is 0 Å². The number of aliphatic carboxylic acids is 1. The Morgan fingerprint density at radius 3 is 2.17 bits per heavy atom. The number of carbonyl (C=O) groups is 1. The van der Waals surface area contributed by atoms with E-state index < -0.39 is 16.2 Å². The topological polar surface area (TPSA) is 86.7 Å². The first-order valence-corrected chi connectivity index (χ1v) is 7.76. The summed E-state index contributed by atoms with van der Waals surface area (Å²) in [4.78, 5) is 10.4. The first-order chi connectivity index (χ1) is 8.33. The van der Waals surface area contributed by atoms with Crippen molar-refractivity contribution < 1.29 is 18.3 Å². The van der Waals surface area contributed by atoms with Crippen molar-refractivity contribution in [2.75, 3.05) is 13.1 Å². The highest BCUT2D eigenvalue weighted by Crippen LogP contribution is 2.05. The summed E-state index contributed by atoms with van der Waals surface area (Å²) in [5.74, 6) is -0.917. The first-order valence-electron chi connectivity index (χ1n) is 6.32. The minimum Gasteiger partial charge on any atom is -0.481 e. The van der Waals surface area contributed by atoms with Gasteiger partial charge in [-0.3, -0.25) is 4.79 Å². The second-order valence-electron chi connectivity index (χ2n) is 4.36. The fourth-order valence-electron chi connectivity index (χ4n) is 1.58. The van der Waals surface area contributed by atoms with Gasteiger partial charge in [-0.1, -0.05) is 13.8 Å². The first kappa shape index (κ1) is 17.3. The predicted octanol–water partition coefficient (Wildman–Crippen LogP) is 1.20. The lowest BCUT2D eigenvalue weighted by Gasteiger charge is -2.23. The number of nitrogens with one attached hydrogen (secondary N) is 1. The van der Waals surface area contributed by atoms with E-state index in [9.17, 15) is 13.2 Å². The molecule has 108 valence electrons. The smallest absolute Gasteiger partial charge is 0.303 e. The van der Waals surface area contributed by atoms with Crippen LogP contribution in [0, 0.1) is 0 Å². The van der Waals surface area contributed by atoms with E-state index in [0.717, 1.165) is 12.8 Å². The largest absolute Gasteiger partial charge is 0.481 e. The third kappa shape index (κ3) is 6.93. The Morgan fingerprint density at radius 1 is 1.28 bits per heavy atom. The van der Waals surface area contributed by atoms with E-state index in [-0.39, 0.29) is 12.5 Å². The van der Waals surface area contributed by atoms with Gasteiger partial charge in [0.2, 0.25) is 0 Å². The predicted molar refractivity (Wildman–Crippen MR) is 70.5 cm³/mol. The summed E-state index contributed by atoms with van der Waals surface area (Å²) < 4.78 is 28.0. The average Bonchev–Trinajstić information content (AvgIpc) is 2.25. The second-order valence-corrected chi connectivity index (χ2v) is 6.06. The molecule has 0 saturated carbocycles. The van der Waals surface area contributed by atoms with Crippen molar-refractivity contribution in [3.63, 3.8) is 0 Å². The zero-order chi connectivity index (χ0) is 14.2. The highest BCUT2D eigenvalue weighted by molar-refractivity contribution is 7.87. The Bertz CT molecular complexity index is 337. The molecule has 0 rings (SSSR count). The maximum atomic E-state index is 12.0. The van der Waals surface area contributed by atoms with Crippen LogP contribution >= 0.6 is 0 Å². The molecule has 7 heteroatoms. The molecule has 6 nitrogen and oxygen atoms in total. The molecule has 1 unspecified atom stereocenters. The van der Waals surface area contributed by atoms with Gasteiger partial charge < -0.3 is 5.11 Å². The molecule has 0 fully saturated rings. The van der Waals surface area contributed by atoms with Crippen LogP contribution in [0.1, 0.15) is 46.5 Å². The summed E-state index contributed by atoms with van der Waals surface area (Å²) in [5, 5.41) is 8.55. The number of rotatable bonds is 10. The number of carboxylic acid groups (broad SMARTS) is 1. The molecule has 0 amide bonds. The Kier molecular flexibility index (Phi) is 8.13. The van der Waals surface area contributed by atoms with Crippen LogP contribution in [0.3, 0.4) is 0 Å². The minimum absolute atomic E-state index is 0.0365. The van der Waals surface area contributed by atoms with Gasteiger partial charge in [-0.2, -0.15) is 17.4 Å². The van der Waals surface area contributed by atoms with Crippen LogP contribution in [0.15, 0.2) is 0 Å². The molecule has 0 bridgehead atoms. The van der Waals surface area contributed by atoms with Crippen LogP contribution in [0.4, 0.5) is 0 Å². The summed E-state index contributed by atoms with van der Waals surface area (Å²) in [5.41, 5.74) is 0. The molecule has 0 aromatic rings. The molecule has 0 aliphatic carbocycles. The molecule has 2 N–H and O–H groups in total. The highest BCUT2D eigenvalue weighted by atomic mass is 32.2. The fraction of sp³-hybridized carbons (Fsp3) is 0.909. The van der Waals surface area contributed by atoms with Gasteiger partial charge in [0.25, 0.3) is 10.2 Å². The van der Waals surface area contributed by atoms with Crippen LogP contribution in [0.2, 0.25) is 0 Å². The number of nitrogens with zero attached hydrogens (tertiary/aromatic N) is 1. The number of carboxylic acids is 1. The number of hydrogen-bond acceptors (Lipinski definition) is 3. The van der Waals surface area contributed by atoms with Crippen LogP contribution in [-0.4, -0.2) is 42.9 Å². The zero-order valence-electron chi connectivity index (χ0n) is 11.3. The van der Waals surface area contributed by atoms with Crippen molar-refractivity contribution >= 4 is 16.2 Å². The summed E-state index contributed by atoms with van der Waals surface area (Å²) in [6.45, 7) is 6.48. The lowest BCUT2D eigenvalue weighted by Crippen LogP contribution is -2.45. The maximum Gasteiger partial charge on any atom is 0.303 e. The Morgan fingerprint density at radius 2 is 1.78 bits per heavy atom. The van der Waals surface area contributed by atoms with Gasteiger partial charge >= 0.3 is 5.97 Å². The summed E-state index contributed by atoms with van der Waals surface area (Å²) in [6, 6.07) is -0.373. The molecular formula is C11H24N2O4S. The molecule has 0 radical (unpaired) electrons. The van der Waals surface area contributed by atoms with Crippen molar-refractivity contribution in [2.24, 2.45) is 0 Å². The quantitative estimate of drug-likeness (QED) is 0.629. The van der Waals surface area contributed by atoms with E-state index in [0.29, 0.717) is 19.5 Å². The number of hydrogen-bond donors (Lipinski definition) is 2. The molecule has 0 aliphatic heterocycles. The Labute approximate surface area is 110 Å². The van der Waals surface area contributed by atoms with Crippen molar-refractivity contribution in [1.29, 1.82) is 0 Å². The molecule has 0 aliphatic rings. The van der Waals surface area contributed by atoms with Crippen molar-refractivity contribution in [3.05, 3.63) is 0 Å². The molecule has 0 heterocycles. The third-order valence-corrected chi connectivity index (χ3v) is 4.17. The van der Waals surface area contributed by atoms with Crippen molar-refractivity contribution in [1.82, 2.24) is 9.03 Å². The van der Waals surface area contributed by atoms with E-state index in [2.05, 4.69) is 4.72 Å². The lowest BCUT2D eigenvalue weighted by molar-refractivity contribution is -0.137. The highest BCUT2D eigenvalue weighted by Gasteiger charge is 2.22. The minimum atomic E-state index is -3.50. The SMILES string of the molecule is CCCN(CCC)S(=O)(=O)NC(C)CCC(=O)O. The summed E-state index contributed by atoms with van der Waals surface area (Å²) >= 11 is 0. The van der Waals surface area contributed by atoms with Gasteiger partial charge in [0.15, 0.2) is 0 Å². The molecule has 1 atom stereocenters. The van der Waals surface area contributed by atoms with Gasteiger partial charge in [-0.25, -0.2) is 0 Å². The van der Waals surface area contributed by atoms with Crippen LogP contribution < -0.4 is 4.72 Å². The fourth-order valence-corrected chi connectivity index (χ4v) is 3.20. The van der Waals surface area contributed by atoms with Crippen molar-refractivity contribution in [3.8, 4) is 0 Å². The van der Waals surface area contributed by atoms with E-state index >= 15 is 0 Å². The van der Waals surface area contributed by atoms with E-state index in [1.807, 2.05) is 13.8 Å². The van der Waals surface area contributed by atoms with Crippen LogP contribution in [-0.2, 0) is 15.0 Å². The molecule has 18 heavy (non-hydrogen) atoms. The van der Waals surface area contributed by atoms with E-state index in [1.165, 1.54) is 4.31 Å². The monoisotopic (exact) mass is 280 g/mol. The lowest BCUT2D eigenvalue weighted by atomic mass is 10.2. The maximum absolute atomic E-state index is 12.0. The summed E-state index contributed by atoms with van der Waals surface area (Å²) in [7, 11) is -3.50.